The lowest BCUT2D eigenvalue weighted by Gasteiger charge is -2.22. The third-order valence-electron chi connectivity index (χ3n) is 2.88. The van der Waals surface area contributed by atoms with Gasteiger partial charge in [0.05, 0.1) is 18.2 Å². The molecule has 19 heavy (non-hydrogen) atoms. The Bertz CT molecular complexity index is 435. The third-order valence-corrected chi connectivity index (χ3v) is 3.12. The van der Waals surface area contributed by atoms with Crippen LogP contribution in [-0.4, -0.2) is 25.2 Å². The number of rotatable bonds is 6. The topological polar surface area (TPSA) is 64.3 Å². The Hall–Kier alpha value is -1.26. The lowest BCUT2D eigenvalue weighted by molar-refractivity contribution is 0.0807. The van der Waals surface area contributed by atoms with Gasteiger partial charge in [-0.1, -0.05) is 25.4 Å². The van der Waals surface area contributed by atoms with E-state index in [-0.39, 0.29) is 17.9 Å². The average molecular weight is 285 g/mol. The number of nitrogens with two attached hydrogens (primary N) is 1. The summed E-state index contributed by atoms with van der Waals surface area (Å²) in [5.74, 6) is 0.0802. The minimum Gasteiger partial charge on any atom is -0.398 e. The maximum atomic E-state index is 12.2. The van der Waals surface area contributed by atoms with E-state index in [1.165, 1.54) is 0 Å². The van der Waals surface area contributed by atoms with Crippen LogP contribution in [0, 0.1) is 5.92 Å². The monoisotopic (exact) mass is 284 g/mol. The summed E-state index contributed by atoms with van der Waals surface area (Å²) in [6.45, 7) is 7.12. The number of nitrogens with one attached hydrogen (secondary N) is 1. The maximum absolute atomic E-state index is 12.2. The van der Waals surface area contributed by atoms with Gasteiger partial charge < -0.3 is 15.8 Å². The van der Waals surface area contributed by atoms with E-state index in [0.717, 1.165) is 0 Å². The number of halogens is 1. The van der Waals surface area contributed by atoms with Crippen LogP contribution in [0.2, 0.25) is 5.02 Å². The molecule has 0 aliphatic carbocycles. The highest BCUT2D eigenvalue weighted by Gasteiger charge is 2.18. The van der Waals surface area contributed by atoms with Gasteiger partial charge in [0.25, 0.3) is 5.91 Å². The molecule has 1 aromatic rings. The molecule has 1 unspecified atom stereocenters. The van der Waals surface area contributed by atoms with E-state index >= 15 is 0 Å². The summed E-state index contributed by atoms with van der Waals surface area (Å²) in [5.41, 5.74) is 6.61. The van der Waals surface area contributed by atoms with E-state index in [9.17, 15) is 4.79 Å². The molecule has 1 atom stereocenters. The van der Waals surface area contributed by atoms with E-state index in [0.29, 0.717) is 29.5 Å². The van der Waals surface area contributed by atoms with Crippen LogP contribution in [0.5, 0.6) is 0 Å². The van der Waals surface area contributed by atoms with Crippen molar-refractivity contribution >= 4 is 23.2 Å². The standard InChI is InChI=1S/C14H21ClN2O2/c1-4-19-8-13(9(2)3)17-14(18)11-6-5-10(15)7-12(11)16/h5-7,9,13H,4,8,16H2,1-3H3,(H,17,18). The quantitative estimate of drug-likeness (QED) is 0.790. The minimum atomic E-state index is -0.201. The summed E-state index contributed by atoms with van der Waals surface area (Å²) < 4.78 is 5.38. The van der Waals surface area contributed by atoms with Gasteiger partial charge in [-0.25, -0.2) is 0 Å². The molecule has 0 fully saturated rings. The van der Waals surface area contributed by atoms with Gasteiger partial charge in [-0.05, 0) is 31.0 Å². The smallest absolute Gasteiger partial charge is 0.253 e. The number of benzene rings is 1. The van der Waals surface area contributed by atoms with E-state index < -0.39 is 0 Å². The lowest BCUT2D eigenvalue weighted by atomic mass is 10.0. The number of carbonyl (C=O) groups is 1. The van der Waals surface area contributed by atoms with Crippen LogP contribution in [0.25, 0.3) is 0 Å². The molecule has 5 heteroatoms. The van der Waals surface area contributed by atoms with Gasteiger partial charge in [-0.3, -0.25) is 4.79 Å². The summed E-state index contributed by atoms with van der Waals surface area (Å²) in [6, 6.07) is 4.82. The maximum Gasteiger partial charge on any atom is 0.253 e. The van der Waals surface area contributed by atoms with Crippen molar-refractivity contribution in [2.75, 3.05) is 18.9 Å². The van der Waals surface area contributed by atoms with Crippen molar-refractivity contribution < 1.29 is 9.53 Å². The van der Waals surface area contributed by atoms with Crippen LogP contribution in [0.4, 0.5) is 5.69 Å². The molecule has 0 aromatic heterocycles. The molecule has 0 saturated heterocycles. The molecule has 4 nitrogen and oxygen atoms in total. The van der Waals surface area contributed by atoms with Gasteiger partial charge in [0.15, 0.2) is 0 Å². The summed E-state index contributed by atoms with van der Waals surface area (Å²) in [6.07, 6.45) is 0. The summed E-state index contributed by atoms with van der Waals surface area (Å²) in [4.78, 5) is 12.2. The van der Waals surface area contributed by atoms with Crippen molar-refractivity contribution in [3.05, 3.63) is 28.8 Å². The first kappa shape index (κ1) is 15.8. The van der Waals surface area contributed by atoms with Gasteiger partial charge in [0.2, 0.25) is 0 Å². The number of anilines is 1. The van der Waals surface area contributed by atoms with Crippen molar-refractivity contribution in [1.82, 2.24) is 5.32 Å². The molecule has 0 spiro atoms. The zero-order valence-corrected chi connectivity index (χ0v) is 12.3. The Morgan fingerprint density at radius 3 is 2.68 bits per heavy atom. The molecule has 106 valence electrons. The van der Waals surface area contributed by atoms with Crippen LogP contribution in [-0.2, 0) is 4.74 Å². The van der Waals surface area contributed by atoms with Crippen molar-refractivity contribution in [3.8, 4) is 0 Å². The van der Waals surface area contributed by atoms with Crippen LogP contribution in [0.3, 0.4) is 0 Å². The van der Waals surface area contributed by atoms with Gasteiger partial charge in [-0.15, -0.1) is 0 Å². The molecule has 1 aromatic carbocycles. The largest absolute Gasteiger partial charge is 0.398 e. The van der Waals surface area contributed by atoms with Crippen molar-refractivity contribution in [1.29, 1.82) is 0 Å². The second-order valence-electron chi connectivity index (χ2n) is 4.72. The first-order valence-corrected chi connectivity index (χ1v) is 6.77. The predicted octanol–water partition coefficient (Wildman–Crippen LogP) is 2.71. The first-order chi connectivity index (χ1) is 8.95. The van der Waals surface area contributed by atoms with Gasteiger partial charge in [0.1, 0.15) is 0 Å². The van der Waals surface area contributed by atoms with E-state index in [1.807, 2.05) is 20.8 Å². The normalized spacial score (nSPS) is 12.5. The van der Waals surface area contributed by atoms with Gasteiger partial charge >= 0.3 is 0 Å². The van der Waals surface area contributed by atoms with Gasteiger partial charge in [-0.2, -0.15) is 0 Å². The number of nitrogen functional groups attached to an aromatic ring is 1. The molecule has 0 aliphatic rings. The van der Waals surface area contributed by atoms with Crippen LogP contribution < -0.4 is 11.1 Å². The molecular weight excluding hydrogens is 264 g/mol. The second-order valence-corrected chi connectivity index (χ2v) is 5.15. The summed E-state index contributed by atoms with van der Waals surface area (Å²) in [5, 5.41) is 3.46. The highest BCUT2D eigenvalue weighted by atomic mass is 35.5. The Morgan fingerprint density at radius 2 is 2.16 bits per heavy atom. The van der Waals surface area contributed by atoms with Crippen LogP contribution in [0.1, 0.15) is 31.1 Å². The molecule has 1 amide bonds. The third kappa shape index (κ3) is 4.73. The number of carbonyl (C=O) groups excluding carboxylic acids is 1. The predicted molar refractivity (Wildman–Crippen MR) is 78.4 cm³/mol. The molecule has 0 radical (unpaired) electrons. The van der Waals surface area contributed by atoms with Crippen molar-refractivity contribution in [3.63, 3.8) is 0 Å². The Balaban J connectivity index is 2.76. The fourth-order valence-electron chi connectivity index (χ4n) is 1.63. The Labute approximate surface area is 119 Å². The fourth-order valence-corrected chi connectivity index (χ4v) is 1.81. The van der Waals surface area contributed by atoms with E-state index in [1.54, 1.807) is 18.2 Å². The number of hydrogen-bond acceptors (Lipinski definition) is 3. The molecule has 0 heterocycles. The zero-order valence-electron chi connectivity index (χ0n) is 11.6. The lowest BCUT2D eigenvalue weighted by Crippen LogP contribution is -2.42. The molecule has 0 bridgehead atoms. The minimum absolute atomic E-state index is 0.0393. The molecule has 0 aliphatic heterocycles. The average Bonchev–Trinajstić information content (AvgIpc) is 2.33. The Kier molecular flexibility index (Phi) is 6.12. The van der Waals surface area contributed by atoms with E-state index in [4.69, 9.17) is 22.1 Å². The summed E-state index contributed by atoms with van der Waals surface area (Å²) in [7, 11) is 0. The second kappa shape index (κ2) is 7.36. The highest BCUT2D eigenvalue weighted by molar-refractivity contribution is 6.31. The van der Waals surface area contributed by atoms with E-state index in [2.05, 4.69) is 5.32 Å². The van der Waals surface area contributed by atoms with Crippen molar-refractivity contribution in [2.24, 2.45) is 5.92 Å². The highest BCUT2D eigenvalue weighted by Crippen LogP contribution is 2.18. The molecule has 1 rings (SSSR count). The fraction of sp³-hybridized carbons (Fsp3) is 0.500. The Morgan fingerprint density at radius 1 is 1.47 bits per heavy atom. The molecule has 3 N–H and O–H groups in total. The van der Waals surface area contributed by atoms with Gasteiger partial charge in [0, 0.05) is 17.3 Å². The number of amides is 1. The number of hydrogen-bond donors (Lipinski definition) is 2. The molecule has 0 saturated carbocycles. The summed E-state index contributed by atoms with van der Waals surface area (Å²) >= 11 is 5.81. The zero-order chi connectivity index (χ0) is 14.4. The first-order valence-electron chi connectivity index (χ1n) is 6.39. The van der Waals surface area contributed by atoms with Crippen LogP contribution >= 0.6 is 11.6 Å². The van der Waals surface area contributed by atoms with Crippen LogP contribution in [0.15, 0.2) is 18.2 Å². The molecular formula is C14H21ClN2O2. The van der Waals surface area contributed by atoms with Crippen molar-refractivity contribution in [2.45, 2.75) is 26.8 Å². The number of ether oxygens (including phenoxy) is 1. The SMILES string of the molecule is CCOCC(NC(=O)c1ccc(Cl)cc1N)C(C)C.